The summed E-state index contributed by atoms with van der Waals surface area (Å²) in [6, 6.07) is 14.9. The Balaban J connectivity index is 1.48. The molecule has 1 saturated heterocycles. The molecule has 4 rings (SSSR count). The second kappa shape index (κ2) is 8.39. The third kappa shape index (κ3) is 4.11. The number of carbonyl (C=O) groups excluding carboxylic acids is 2. The van der Waals surface area contributed by atoms with Crippen LogP contribution in [-0.2, 0) is 16.1 Å². The van der Waals surface area contributed by atoms with Gasteiger partial charge in [0.25, 0.3) is 0 Å². The fourth-order valence-corrected chi connectivity index (χ4v) is 3.76. The van der Waals surface area contributed by atoms with Gasteiger partial charge in [0.1, 0.15) is 11.8 Å². The summed E-state index contributed by atoms with van der Waals surface area (Å²) in [5, 5.41) is 4.02. The molecule has 1 aromatic heterocycles. The fraction of sp³-hybridized carbons (Fsp3) is 0.304. The number of fused-ring (bicyclic) bond motifs is 1. The highest BCUT2D eigenvalue weighted by atomic mass is 16.5. The van der Waals surface area contributed by atoms with Gasteiger partial charge in [-0.25, -0.2) is 0 Å². The Morgan fingerprint density at radius 2 is 2.10 bits per heavy atom. The predicted octanol–water partition coefficient (Wildman–Crippen LogP) is 4.09. The lowest BCUT2D eigenvalue weighted by Gasteiger charge is -2.24. The van der Waals surface area contributed by atoms with Crippen molar-refractivity contribution in [2.75, 3.05) is 11.9 Å². The molecule has 2 N–H and O–H groups in total. The molecule has 6 nitrogen and oxygen atoms in total. The van der Waals surface area contributed by atoms with Crippen molar-refractivity contribution in [2.24, 2.45) is 0 Å². The molecule has 150 valence electrons. The van der Waals surface area contributed by atoms with Gasteiger partial charge < -0.3 is 19.9 Å². The molecule has 2 amide bonds. The van der Waals surface area contributed by atoms with E-state index in [9.17, 15) is 9.59 Å². The Bertz CT molecular complexity index is 1030. The minimum absolute atomic E-state index is 0.00969. The summed E-state index contributed by atoms with van der Waals surface area (Å²) >= 11 is 0. The van der Waals surface area contributed by atoms with Gasteiger partial charge in [-0.1, -0.05) is 31.2 Å². The Morgan fingerprint density at radius 1 is 1.24 bits per heavy atom. The zero-order valence-electron chi connectivity index (χ0n) is 16.5. The third-order valence-electron chi connectivity index (χ3n) is 5.22. The number of benzene rings is 2. The number of carbonyl (C=O) groups is 2. The van der Waals surface area contributed by atoms with Crippen LogP contribution in [0.4, 0.5) is 5.69 Å². The van der Waals surface area contributed by atoms with E-state index in [1.165, 1.54) is 0 Å². The number of aromatic amines is 1. The second-order valence-electron chi connectivity index (χ2n) is 7.30. The molecule has 2 aromatic carbocycles. The molecular weight excluding hydrogens is 366 g/mol. The summed E-state index contributed by atoms with van der Waals surface area (Å²) in [6.07, 6.45) is 3.75. The zero-order chi connectivity index (χ0) is 20.2. The van der Waals surface area contributed by atoms with Crippen LogP contribution < -0.4 is 10.1 Å². The number of nitrogens with zero attached hydrogens (tertiary/aromatic N) is 1. The maximum atomic E-state index is 12.9. The molecule has 6 heteroatoms. The Hall–Kier alpha value is -3.28. The largest absolute Gasteiger partial charge is 0.494 e. The van der Waals surface area contributed by atoms with Crippen molar-refractivity contribution < 1.29 is 14.3 Å². The molecule has 1 unspecified atom stereocenters. The minimum atomic E-state index is -0.476. The van der Waals surface area contributed by atoms with Crippen molar-refractivity contribution in [1.29, 1.82) is 0 Å². The van der Waals surface area contributed by atoms with Crippen LogP contribution in [0.1, 0.15) is 31.7 Å². The molecule has 1 aliphatic rings. The van der Waals surface area contributed by atoms with Crippen LogP contribution in [-0.4, -0.2) is 34.3 Å². The standard InChI is InChI=1S/C23H25N3O3/c1-2-12-29-18-7-5-6-17(13-18)25-23(28)21-10-11-22(27)26(21)15-16-14-24-20-9-4-3-8-19(16)20/h3-9,13-14,21,24H,2,10-12,15H2,1H3,(H,25,28). The average Bonchev–Trinajstić information content (AvgIpc) is 3.31. The number of H-pyrrole nitrogens is 1. The lowest BCUT2D eigenvalue weighted by molar-refractivity contribution is -0.133. The SMILES string of the molecule is CCCOc1cccc(NC(=O)C2CCC(=O)N2Cc2c[nH]c3ccccc23)c1. The van der Waals surface area contributed by atoms with Crippen molar-refractivity contribution in [3.63, 3.8) is 0 Å². The highest BCUT2D eigenvalue weighted by Gasteiger charge is 2.36. The monoisotopic (exact) mass is 391 g/mol. The van der Waals surface area contributed by atoms with E-state index < -0.39 is 6.04 Å². The Kier molecular flexibility index (Phi) is 5.51. The van der Waals surface area contributed by atoms with E-state index in [1.807, 2.05) is 61.7 Å². The van der Waals surface area contributed by atoms with Gasteiger partial charge in [0.15, 0.2) is 0 Å². The van der Waals surface area contributed by atoms with Gasteiger partial charge in [0.2, 0.25) is 11.8 Å². The fourth-order valence-electron chi connectivity index (χ4n) is 3.76. The van der Waals surface area contributed by atoms with E-state index in [0.29, 0.717) is 31.7 Å². The van der Waals surface area contributed by atoms with Crippen LogP contribution >= 0.6 is 0 Å². The third-order valence-corrected chi connectivity index (χ3v) is 5.22. The molecule has 0 aliphatic carbocycles. The van der Waals surface area contributed by atoms with Crippen LogP contribution in [0.15, 0.2) is 54.7 Å². The summed E-state index contributed by atoms with van der Waals surface area (Å²) in [6.45, 7) is 3.10. The van der Waals surface area contributed by atoms with Crippen molar-refractivity contribution in [3.8, 4) is 5.75 Å². The van der Waals surface area contributed by atoms with E-state index in [2.05, 4.69) is 10.3 Å². The molecule has 1 atom stereocenters. The van der Waals surface area contributed by atoms with E-state index in [-0.39, 0.29) is 11.8 Å². The van der Waals surface area contributed by atoms with Crippen LogP contribution in [0.5, 0.6) is 5.75 Å². The van der Waals surface area contributed by atoms with Crippen molar-refractivity contribution in [3.05, 3.63) is 60.3 Å². The number of ether oxygens (including phenoxy) is 1. The van der Waals surface area contributed by atoms with E-state index in [1.54, 1.807) is 4.90 Å². The Labute approximate surface area is 169 Å². The molecule has 0 spiro atoms. The molecule has 1 fully saturated rings. The van der Waals surface area contributed by atoms with Gasteiger partial charge >= 0.3 is 0 Å². The summed E-state index contributed by atoms with van der Waals surface area (Å²) in [7, 11) is 0. The number of hydrogen-bond donors (Lipinski definition) is 2. The predicted molar refractivity (Wildman–Crippen MR) is 113 cm³/mol. The van der Waals surface area contributed by atoms with Gasteiger partial charge in [-0.15, -0.1) is 0 Å². The van der Waals surface area contributed by atoms with Crippen LogP contribution in [0.25, 0.3) is 10.9 Å². The van der Waals surface area contributed by atoms with Crippen LogP contribution in [0.2, 0.25) is 0 Å². The van der Waals surface area contributed by atoms with E-state index in [0.717, 1.165) is 28.6 Å². The van der Waals surface area contributed by atoms with Gasteiger partial charge in [-0.3, -0.25) is 9.59 Å². The lowest BCUT2D eigenvalue weighted by Crippen LogP contribution is -2.41. The molecule has 3 aromatic rings. The first kappa shape index (κ1) is 19.1. The second-order valence-corrected chi connectivity index (χ2v) is 7.30. The summed E-state index contributed by atoms with van der Waals surface area (Å²) < 4.78 is 5.63. The van der Waals surface area contributed by atoms with Crippen molar-refractivity contribution >= 4 is 28.4 Å². The molecular formula is C23H25N3O3. The number of para-hydroxylation sites is 1. The topological polar surface area (TPSA) is 74.4 Å². The molecule has 0 bridgehead atoms. The first-order valence-corrected chi connectivity index (χ1v) is 10.0. The normalized spacial score (nSPS) is 16.4. The van der Waals surface area contributed by atoms with Gasteiger partial charge in [-0.2, -0.15) is 0 Å². The number of rotatable bonds is 7. The van der Waals surface area contributed by atoms with Crippen molar-refractivity contribution in [1.82, 2.24) is 9.88 Å². The number of aromatic nitrogens is 1. The van der Waals surface area contributed by atoms with Gasteiger partial charge in [0, 0.05) is 41.8 Å². The molecule has 0 saturated carbocycles. The van der Waals surface area contributed by atoms with Crippen LogP contribution in [0.3, 0.4) is 0 Å². The molecule has 2 heterocycles. The number of anilines is 1. The van der Waals surface area contributed by atoms with Crippen LogP contribution in [0, 0.1) is 0 Å². The lowest BCUT2D eigenvalue weighted by atomic mass is 10.1. The summed E-state index contributed by atoms with van der Waals surface area (Å²) in [5.41, 5.74) is 2.72. The van der Waals surface area contributed by atoms with Gasteiger partial charge in [-0.05, 0) is 36.6 Å². The maximum Gasteiger partial charge on any atom is 0.247 e. The number of nitrogens with one attached hydrogen (secondary N) is 2. The minimum Gasteiger partial charge on any atom is -0.494 e. The smallest absolute Gasteiger partial charge is 0.247 e. The Morgan fingerprint density at radius 3 is 2.97 bits per heavy atom. The van der Waals surface area contributed by atoms with Crippen molar-refractivity contribution in [2.45, 2.75) is 38.8 Å². The molecule has 0 radical (unpaired) electrons. The number of hydrogen-bond acceptors (Lipinski definition) is 3. The first-order valence-electron chi connectivity index (χ1n) is 10.0. The van der Waals surface area contributed by atoms with E-state index >= 15 is 0 Å². The number of likely N-dealkylation sites (tertiary alicyclic amines) is 1. The summed E-state index contributed by atoms with van der Waals surface area (Å²) in [5.74, 6) is 0.571. The molecule has 29 heavy (non-hydrogen) atoms. The van der Waals surface area contributed by atoms with E-state index in [4.69, 9.17) is 4.74 Å². The summed E-state index contributed by atoms with van der Waals surface area (Å²) in [4.78, 5) is 30.3. The molecule has 1 aliphatic heterocycles. The number of amides is 2. The quantitative estimate of drug-likeness (QED) is 0.637. The highest BCUT2D eigenvalue weighted by Crippen LogP contribution is 2.27. The van der Waals surface area contributed by atoms with Gasteiger partial charge in [0.05, 0.1) is 6.61 Å². The zero-order valence-corrected chi connectivity index (χ0v) is 16.5. The average molecular weight is 391 g/mol. The highest BCUT2D eigenvalue weighted by molar-refractivity contribution is 5.99. The maximum absolute atomic E-state index is 12.9. The first-order chi connectivity index (χ1) is 14.2.